The van der Waals surface area contributed by atoms with Crippen molar-refractivity contribution in [2.45, 2.75) is 0 Å². The number of pyridine rings is 1. The molecule has 1 aromatic rings. The van der Waals surface area contributed by atoms with Crippen LogP contribution in [0.2, 0.25) is 0 Å². The Bertz CT molecular complexity index is 591. The monoisotopic (exact) mass is 283 g/mol. The van der Waals surface area contributed by atoms with Gasteiger partial charge in [0.25, 0.3) is 5.88 Å². The fourth-order valence-corrected chi connectivity index (χ4v) is 2.82. The van der Waals surface area contributed by atoms with Crippen LogP contribution in [0, 0.1) is 0 Å². The van der Waals surface area contributed by atoms with Gasteiger partial charge in [0.15, 0.2) is 15.8 Å². The third kappa shape index (κ3) is 3.46. The topological polar surface area (TPSA) is 103 Å². The molecule has 0 radical (unpaired) electrons. The molecule has 0 saturated carbocycles. The Kier molecular flexibility index (Phi) is 3.73. The van der Waals surface area contributed by atoms with Crippen molar-refractivity contribution in [2.75, 3.05) is 30.3 Å². The van der Waals surface area contributed by atoms with E-state index in [4.69, 9.17) is 10.5 Å². The number of nitrogens with zero attached hydrogens (tertiary/aromatic N) is 2. The standard InChI is InChI=1S/C11H13N3O4S/c12-9-1-2-10(13-7-9)18-11(8-15)14-3-5-19(16,17)6-4-14/h1-2,7H,3-6,12H2. The molecule has 0 aliphatic carbocycles. The molecule has 0 unspecified atom stereocenters. The Morgan fingerprint density at radius 2 is 2.05 bits per heavy atom. The van der Waals surface area contributed by atoms with Gasteiger partial charge in [0, 0.05) is 19.2 Å². The van der Waals surface area contributed by atoms with Crippen LogP contribution in [0.4, 0.5) is 5.69 Å². The minimum atomic E-state index is -3.01. The van der Waals surface area contributed by atoms with Crippen LogP contribution in [0.1, 0.15) is 0 Å². The number of nitrogens with two attached hydrogens (primary N) is 1. The molecule has 2 rings (SSSR count). The third-order valence-electron chi connectivity index (χ3n) is 2.68. The van der Waals surface area contributed by atoms with Gasteiger partial charge in [-0.3, -0.25) is 0 Å². The van der Waals surface area contributed by atoms with Gasteiger partial charge in [0.2, 0.25) is 5.88 Å². The summed E-state index contributed by atoms with van der Waals surface area (Å²) in [7, 11) is -3.01. The van der Waals surface area contributed by atoms with Crippen LogP contribution >= 0.6 is 0 Å². The highest BCUT2D eigenvalue weighted by Crippen LogP contribution is 2.15. The lowest BCUT2D eigenvalue weighted by molar-refractivity contribution is 0.226. The first-order valence-corrected chi connectivity index (χ1v) is 7.42. The van der Waals surface area contributed by atoms with Crippen molar-refractivity contribution < 1.29 is 17.9 Å². The van der Waals surface area contributed by atoms with E-state index in [2.05, 4.69) is 4.98 Å². The minimum absolute atomic E-state index is 0.00327. The first kappa shape index (κ1) is 13.4. The van der Waals surface area contributed by atoms with E-state index in [9.17, 15) is 13.2 Å². The molecular formula is C11H13N3O4S. The summed E-state index contributed by atoms with van der Waals surface area (Å²) in [5.74, 6) is 1.81. The second kappa shape index (κ2) is 5.29. The number of hydrogen-bond acceptors (Lipinski definition) is 7. The summed E-state index contributed by atoms with van der Waals surface area (Å²) in [4.78, 5) is 16.3. The molecule has 0 spiro atoms. The van der Waals surface area contributed by atoms with Crippen molar-refractivity contribution in [3.05, 3.63) is 24.2 Å². The fourth-order valence-electron chi connectivity index (χ4n) is 1.62. The summed E-state index contributed by atoms with van der Waals surface area (Å²) in [5, 5.41) is 0. The van der Waals surface area contributed by atoms with Gasteiger partial charge in [0.05, 0.1) is 23.4 Å². The lowest BCUT2D eigenvalue weighted by atomic mass is 10.4. The van der Waals surface area contributed by atoms with E-state index in [1.165, 1.54) is 17.2 Å². The van der Waals surface area contributed by atoms with Gasteiger partial charge >= 0.3 is 0 Å². The average molecular weight is 283 g/mol. The summed E-state index contributed by atoms with van der Waals surface area (Å²) < 4.78 is 27.9. The normalized spacial score (nSPS) is 17.6. The average Bonchev–Trinajstić information content (AvgIpc) is 2.39. The van der Waals surface area contributed by atoms with Gasteiger partial charge in [0.1, 0.15) is 0 Å². The number of rotatable bonds is 3. The first-order chi connectivity index (χ1) is 9.00. The maximum atomic E-state index is 11.3. The molecule has 19 heavy (non-hydrogen) atoms. The summed E-state index contributed by atoms with van der Waals surface area (Å²) in [6.45, 7) is 0.420. The van der Waals surface area contributed by atoms with Gasteiger partial charge in [-0.15, -0.1) is 0 Å². The number of ether oxygens (including phenoxy) is 1. The molecular weight excluding hydrogens is 270 g/mol. The third-order valence-corrected chi connectivity index (χ3v) is 4.29. The van der Waals surface area contributed by atoms with E-state index in [-0.39, 0.29) is 36.4 Å². The molecule has 1 aliphatic rings. The van der Waals surface area contributed by atoms with Crippen molar-refractivity contribution in [3.63, 3.8) is 0 Å². The molecule has 0 aromatic carbocycles. The van der Waals surface area contributed by atoms with Crippen molar-refractivity contribution in [1.82, 2.24) is 9.88 Å². The highest BCUT2D eigenvalue weighted by Gasteiger charge is 2.25. The fraction of sp³-hybridized carbons (Fsp3) is 0.364. The number of nitrogen functional groups attached to an aromatic ring is 1. The van der Waals surface area contributed by atoms with Crippen molar-refractivity contribution in [1.29, 1.82) is 0 Å². The van der Waals surface area contributed by atoms with E-state index in [0.29, 0.717) is 5.69 Å². The Hall–Kier alpha value is -2.05. The van der Waals surface area contributed by atoms with Crippen LogP contribution < -0.4 is 10.5 Å². The highest BCUT2D eigenvalue weighted by atomic mass is 32.2. The Morgan fingerprint density at radius 1 is 1.37 bits per heavy atom. The van der Waals surface area contributed by atoms with Crippen LogP contribution in [0.15, 0.2) is 24.2 Å². The van der Waals surface area contributed by atoms with E-state index < -0.39 is 9.84 Å². The quantitative estimate of drug-likeness (QED) is 0.586. The van der Waals surface area contributed by atoms with E-state index in [1.807, 2.05) is 0 Å². The molecule has 1 fully saturated rings. The molecule has 1 aliphatic heterocycles. The maximum Gasteiger partial charge on any atom is 0.284 e. The summed E-state index contributed by atoms with van der Waals surface area (Å²) in [5.41, 5.74) is 5.96. The molecule has 2 N–H and O–H groups in total. The molecule has 0 bridgehead atoms. The van der Waals surface area contributed by atoms with Gasteiger partial charge in [-0.05, 0) is 6.07 Å². The minimum Gasteiger partial charge on any atom is -0.413 e. The van der Waals surface area contributed by atoms with Crippen molar-refractivity contribution >= 4 is 21.5 Å². The predicted octanol–water partition coefficient (Wildman–Crippen LogP) is -0.554. The van der Waals surface area contributed by atoms with E-state index in [0.717, 1.165) is 0 Å². The molecule has 0 atom stereocenters. The molecule has 0 amide bonds. The lowest BCUT2D eigenvalue weighted by Crippen LogP contribution is -2.41. The lowest BCUT2D eigenvalue weighted by Gasteiger charge is -2.27. The zero-order valence-corrected chi connectivity index (χ0v) is 10.9. The Labute approximate surface area is 110 Å². The van der Waals surface area contributed by atoms with Crippen LogP contribution in [-0.4, -0.2) is 48.8 Å². The second-order valence-corrected chi connectivity index (χ2v) is 6.38. The zero-order valence-electron chi connectivity index (χ0n) is 10.1. The Morgan fingerprint density at radius 3 is 2.58 bits per heavy atom. The Balaban J connectivity index is 2.06. The van der Waals surface area contributed by atoms with Crippen LogP contribution in [0.3, 0.4) is 0 Å². The number of anilines is 1. The highest BCUT2D eigenvalue weighted by molar-refractivity contribution is 7.91. The van der Waals surface area contributed by atoms with E-state index in [1.54, 1.807) is 12.0 Å². The summed E-state index contributed by atoms with van der Waals surface area (Å²) in [6.07, 6.45) is 1.40. The predicted molar refractivity (Wildman–Crippen MR) is 68.7 cm³/mol. The van der Waals surface area contributed by atoms with Gasteiger partial charge in [-0.25, -0.2) is 18.2 Å². The van der Waals surface area contributed by atoms with Crippen LogP contribution in [-0.2, 0) is 14.6 Å². The number of sulfone groups is 1. The molecule has 2 heterocycles. The number of hydrogen-bond donors (Lipinski definition) is 1. The summed E-state index contributed by atoms with van der Waals surface area (Å²) >= 11 is 0. The van der Waals surface area contributed by atoms with E-state index >= 15 is 0 Å². The molecule has 1 saturated heterocycles. The first-order valence-electron chi connectivity index (χ1n) is 5.60. The molecule has 102 valence electrons. The van der Waals surface area contributed by atoms with Gasteiger partial charge in [-0.2, -0.15) is 0 Å². The van der Waals surface area contributed by atoms with Crippen LogP contribution in [0.5, 0.6) is 5.88 Å². The van der Waals surface area contributed by atoms with Crippen LogP contribution in [0.25, 0.3) is 0 Å². The smallest absolute Gasteiger partial charge is 0.284 e. The molecule has 7 nitrogen and oxygen atoms in total. The van der Waals surface area contributed by atoms with Crippen molar-refractivity contribution in [2.24, 2.45) is 0 Å². The largest absolute Gasteiger partial charge is 0.413 e. The maximum absolute atomic E-state index is 11.3. The summed E-state index contributed by atoms with van der Waals surface area (Å²) in [6, 6.07) is 3.11. The second-order valence-electron chi connectivity index (χ2n) is 4.08. The zero-order chi connectivity index (χ0) is 13.9. The van der Waals surface area contributed by atoms with Crippen molar-refractivity contribution in [3.8, 4) is 5.88 Å². The molecule has 1 aromatic heterocycles. The van der Waals surface area contributed by atoms with Gasteiger partial charge in [-0.1, -0.05) is 0 Å². The number of carbonyl (C=O) groups excluding carboxylic acids is 1. The number of aromatic nitrogens is 1. The van der Waals surface area contributed by atoms with Gasteiger partial charge < -0.3 is 15.4 Å². The molecule has 8 heteroatoms. The SMILES string of the molecule is Nc1ccc(OC(=C=O)N2CCS(=O)(=O)CC2)nc1.